The molecule has 0 amide bonds. The van der Waals surface area contributed by atoms with Gasteiger partial charge in [-0.15, -0.1) is 0 Å². The van der Waals surface area contributed by atoms with Crippen molar-refractivity contribution in [1.82, 2.24) is 24.8 Å². The van der Waals surface area contributed by atoms with Crippen LogP contribution in [0.25, 0.3) is 11.7 Å². The van der Waals surface area contributed by atoms with E-state index in [1.807, 2.05) is 10.7 Å². The molecule has 1 aliphatic carbocycles. The number of aliphatic hydroxyl groups is 1. The van der Waals surface area contributed by atoms with Crippen LogP contribution in [0.5, 0.6) is 0 Å². The maximum absolute atomic E-state index is 10.3. The Hall–Kier alpha value is -2.45. The molecule has 0 saturated heterocycles. The Morgan fingerprint density at radius 1 is 1.31 bits per heavy atom. The third-order valence-corrected chi connectivity index (χ3v) is 5.05. The molecule has 0 aromatic carbocycles. The first-order valence-electron chi connectivity index (χ1n) is 9.10. The Morgan fingerprint density at radius 2 is 2.23 bits per heavy atom. The summed E-state index contributed by atoms with van der Waals surface area (Å²) in [5.41, 5.74) is 1.94. The first kappa shape index (κ1) is 15.8. The van der Waals surface area contributed by atoms with Gasteiger partial charge in [0, 0.05) is 19.6 Å². The second-order valence-electron chi connectivity index (χ2n) is 7.12. The van der Waals surface area contributed by atoms with Crippen LogP contribution in [-0.2, 0) is 19.6 Å². The van der Waals surface area contributed by atoms with Gasteiger partial charge in [0.1, 0.15) is 6.10 Å². The van der Waals surface area contributed by atoms with Crippen LogP contribution >= 0.6 is 0 Å². The smallest absolute Gasteiger partial charge is 0.293 e. The number of hydrogen-bond acceptors (Lipinski definition) is 7. The highest BCUT2D eigenvalue weighted by Gasteiger charge is 2.33. The molecular formula is C18H21N5O3. The van der Waals surface area contributed by atoms with Crippen molar-refractivity contribution in [1.29, 1.82) is 0 Å². The van der Waals surface area contributed by atoms with Crippen molar-refractivity contribution in [3.8, 4) is 11.7 Å². The average Bonchev–Trinajstić information content (AvgIpc) is 3.04. The number of aryl methyl sites for hydroxylation is 1. The van der Waals surface area contributed by atoms with Crippen molar-refractivity contribution in [2.75, 3.05) is 6.54 Å². The lowest BCUT2D eigenvalue weighted by Crippen LogP contribution is -2.23. The van der Waals surface area contributed by atoms with Crippen LogP contribution in [0.15, 0.2) is 33.4 Å². The second-order valence-corrected chi connectivity index (χ2v) is 7.12. The van der Waals surface area contributed by atoms with Gasteiger partial charge in [0.25, 0.3) is 5.89 Å². The zero-order chi connectivity index (χ0) is 17.5. The number of aromatic nitrogens is 4. The molecule has 1 fully saturated rings. The van der Waals surface area contributed by atoms with E-state index >= 15 is 0 Å². The van der Waals surface area contributed by atoms with Crippen LogP contribution in [0.3, 0.4) is 0 Å². The van der Waals surface area contributed by atoms with Gasteiger partial charge in [0.15, 0.2) is 11.6 Å². The molecule has 4 heterocycles. The summed E-state index contributed by atoms with van der Waals surface area (Å²) in [5.74, 6) is 2.02. The number of rotatable bonds is 5. The average molecular weight is 355 g/mol. The summed E-state index contributed by atoms with van der Waals surface area (Å²) in [6.07, 6.45) is 4.37. The maximum atomic E-state index is 10.3. The molecule has 136 valence electrons. The maximum Gasteiger partial charge on any atom is 0.293 e. The fourth-order valence-corrected chi connectivity index (χ4v) is 3.50. The van der Waals surface area contributed by atoms with Gasteiger partial charge in [0.05, 0.1) is 24.2 Å². The van der Waals surface area contributed by atoms with E-state index in [1.165, 1.54) is 0 Å². The second kappa shape index (κ2) is 6.37. The highest BCUT2D eigenvalue weighted by Crippen LogP contribution is 2.40. The molecule has 3 aromatic heterocycles. The Labute approximate surface area is 150 Å². The quantitative estimate of drug-likeness (QED) is 0.751. The summed E-state index contributed by atoms with van der Waals surface area (Å²) in [5, 5.41) is 19.0. The third kappa shape index (κ3) is 3.06. The van der Waals surface area contributed by atoms with Crippen LogP contribution < -0.4 is 0 Å². The highest BCUT2D eigenvalue weighted by molar-refractivity contribution is 5.42. The number of hydrogen-bond donors (Lipinski definition) is 1. The SMILES string of the molecule is O[C@@H](c1cc2n(n1)CCCN(Cc1noc(-c3ccco3)n1)C2)C1CC1. The van der Waals surface area contributed by atoms with Gasteiger partial charge in [-0.1, -0.05) is 5.16 Å². The van der Waals surface area contributed by atoms with Crippen molar-refractivity contribution in [3.05, 3.63) is 41.7 Å². The zero-order valence-corrected chi connectivity index (χ0v) is 14.4. The van der Waals surface area contributed by atoms with Gasteiger partial charge in [0.2, 0.25) is 0 Å². The molecule has 1 aliphatic heterocycles. The molecule has 1 atom stereocenters. The van der Waals surface area contributed by atoms with Gasteiger partial charge in [-0.3, -0.25) is 9.58 Å². The Morgan fingerprint density at radius 3 is 3.04 bits per heavy atom. The molecule has 8 heteroatoms. The van der Waals surface area contributed by atoms with Gasteiger partial charge in [-0.05, 0) is 43.4 Å². The Bertz CT molecular complexity index is 881. The largest absolute Gasteiger partial charge is 0.459 e. The monoisotopic (exact) mass is 355 g/mol. The molecule has 0 spiro atoms. The summed E-state index contributed by atoms with van der Waals surface area (Å²) in [6, 6.07) is 5.64. The van der Waals surface area contributed by atoms with E-state index in [9.17, 15) is 5.11 Å². The topological polar surface area (TPSA) is 93.3 Å². The van der Waals surface area contributed by atoms with Crippen molar-refractivity contribution in [2.24, 2.45) is 5.92 Å². The van der Waals surface area contributed by atoms with E-state index in [0.29, 0.717) is 29.9 Å². The molecule has 1 saturated carbocycles. The van der Waals surface area contributed by atoms with Crippen LogP contribution in [0.4, 0.5) is 0 Å². The lowest BCUT2D eigenvalue weighted by molar-refractivity contribution is 0.148. The van der Waals surface area contributed by atoms with Gasteiger partial charge in [-0.25, -0.2) is 0 Å². The van der Waals surface area contributed by atoms with Crippen molar-refractivity contribution in [3.63, 3.8) is 0 Å². The third-order valence-electron chi connectivity index (χ3n) is 5.05. The van der Waals surface area contributed by atoms with E-state index < -0.39 is 6.10 Å². The summed E-state index contributed by atoms with van der Waals surface area (Å²) in [4.78, 5) is 6.70. The lowest BCUT2D eigenvalue weighted by atomic mass is 10.1. The fraction of sp³-hybridized carbons (Fsp3) is 0.500. The number of furan rings is 1. The number of aliphatic hydroxyl groups excluding tert-OH is 1. The zero-order valence-electron chi connectivity index (χ0n) is 14.4. The standard InChI is InChI=1S/C18H21N5O3/c24-17(12-4-5-12)14-9-13-10-22(6-2-7-23(13)20-14)11-16-19-18(26-21-16)15-3-1-8-25-15/h1,3,8-9,12,17,24H,2,4-7,10-11H2/t17-/m1/s1. The molecule has 5 rings (SSSR count). The van der Waals surface area contributed by atoms with Gasteiger partial charge >= 0.3 is 0 Å². The minimum absolute atomic E-state index is 0.393. The highest BCUT2D eigenvalue weighted by atomic mass is 16.5. The summed E-state index contributed by atoms with van der Waals surface area (Å²) < 4.78 is 12.6. The molecular weight excluding hydrogens is 334 g/mol. The molecule has 2 aliphatic rings. The van der Waals surface area contributed by atoms with E-state index in [2.05, 4.69) is 20.1 Å². The predicted molar refractivity (Wildman–Crippen MR) is 90.6 cm³/mol. The van der Waals surface area contributed by atoms with Gasteiger partial charge in [-0.2, -0.15) is 10.1 Å². The summed E-state index contributed by atoms with van der Waals surface area (Å²) in [6.45, 7) is 3.17. The van der Waals surface area contributed by atoms with E-state index in [-0.39, 0.29) is 0 Å². The molecule has 26 heavy (non-hydrogen) atoms. The number of fused-ring (bicyclic) bond motifs is 1. The minimum atomic E-state index is -0.420. The number of nitrogens with zero attached hydrogens (tertiary/aromatic N) is 5. The molecule has 0 radical (unpaired) electrons. The van der Waals surface area contributed by atoms with Crippen LogP contribution in [0.2, 0.25) is 0 Å². The minimum Gasteiger partial charge on any atom is -0.459 e. The first-order valence-corrected chi connectivity index (χ1v) is 9.10. The Balaban J connectivity index is 1.30. The van der Waals surface area contributed by atoms with Crippen molar-refractivity contribution >= 4 is 0 Å². The van der Waals surface area contributed by atoms with E-state index in [1.54, 1.807) is 18.4 Å². The van der Waals surface area contributed by atoms with Crippen LogP contribution in [0.1, 0.15) is 42.6 Å². The molecule has 3 aromatic rings. The predicted octanol–water partition coefficient (Wildman–Crippen LogP) is 2.38. The Kier molecular flexibility index (Phi) is 3.86. The van der Waals surface area contributed by atoms with Gasteiger partial charge < -0.3 is 14.0 Å². The summed E-state index contributed by atoms with van der Waals surface area (Å²) in [7, 11) is 0. The van der Waals surface area contributed by atoms with E-state index in [4.69, 9.17) is 8.94 Å². The lowest BCUT2D eigenvalue weighted by Gasteiger charge is -2.16. The fourth-order valence-electron chi connectivity index (χ4n) is 3.50. The summed E-state index contributed by atoms with van der Waals surface area (Å²) >= 11 is 0. The first-order chi connectivity index (χ1) is 12.8. The molecule has 0 bridgehead atoms. The molecule has 0 unspecified atom stereocenters. The van der Waals surface area contributed by atoms with Crippen molar-refractivity contribution in [2.45, 2.75) is 45.0 Å². The molecule has 1 N–H and O–H groups in total. The van der Waals surface area contributed by atoms with Crippen molar-refractivity contribution < 1.29 is 14.0 Å². The molecule has 8 nitrogen and oxygen atoms in total. The van der Waals surface area contributed by atoms with E-state index in [0.717, 1.165) is 50.3 Å². The normalized spacial score (nSPS) is 19.3. The van der Waals surface area contributed by atoms with Crippen LogP contribution in [0, 0.1) is 5.92 Å². The van der Waals surface area contributed by atoms with Crippen LogP contribution in [-0.4, -0.2) is 36.5 Å².